The van der Waals surface area contributed by atoms with Gasteiger partial charge in [-0.1, -0.05) is 0 Å². The van der Waals surface area contributed by atoms with E-state index in [1.807, 2.05) is 13.0 Å². The van der Waals surface area contributed by atoms with Crippen molar-refractivity contribution < 1.29 is 0 Å². The van der Waals surface area contributed by atoms with Crippen LogP contribution in [0, 0.1) is 6.92 Å². The second-order valence-electron chi connectivity index (χ2n) is 5.82. The van der Waals surface area contributed by atoms with Crippen LogP contribution in [0.3, 0.4) is 0 Å². The molecule has 1 aliphatic heterocycles. The molecule has 3 heterocycles. The van der Waals surface area contributed by atoms with Crippen LogP contribution in [0.25, 0.3) is 0 Å². The first-order valence-electron chi connectivity index (χ1n) is 7.96. The first kappa shape index (κ1) is 15.8. The lowest BCUT2D eigenvalue weighted by atomic mass is 10.3. The average molecular weight is 314 g/mol. The molecular weight excluding hydrogens is 292 g/mol. The molecule has 0 unspecified atom stereocenters. The van der Waals surface area contributed by atoms with Gasteiger partial charge >= 0.3 is 0 Å². The maximum atomic E-state index is 11.8. The lowest BCUT2D eigenvalue weighted by Crippen LogP contribution is -2.47. The summed E-state index contributed by atoms with van der Waals surface area (Å²) in [6.45, 7) is 8.17. The normalized spacial score (nSPS) is 16.6. The fourth-order valence-corrected chi connectivity index (χ4v) is 2.73. The van der Waals surface area contributed by atoms with E-state index in [0.717, 1.165) is 50.8 Å². The summed E-state index contributed by atoms with van der Waals surface area (Å²) in [7, 11) is 0. The Morgan fingerprint density at radius 3 is 2.43 bits per heavy atom. The van der Waals surface area contributed by atoms with E-state index >= 15 is 0 Å². The Morgan fingerprint density at radius 2 is 1.70 bits per heavy atom. The predicted octanol–water partition coefficient (Wildman–Crippen LogP) is 0.160. The third-order valence-corrected chi connectivity index (χ3v) is 4.08. The van der Waals surface area contributed by atoms with E-state index in [2.05, 4.69) is 24.9 Å². The molecule has 7 heteroatoms. The van der Waals surface area contributed by atoms with Gasteiger partial charge in [-0.25, -0.2) is 14.6 Å². The lowest BCUT2D eigenvalue weighted by molar-refractivity contribution is 0.120. The van der Waals surface area contributed by atoms with E-state index in [0.29, 0.717) is 6.54 Å². The van der Waals surface area contributed by atoms with Crippen molar-refractivity contribution in [3.8, 4) is 0 Å². The van der Waals surface area contributed by atoms with Crippen molar-refractivity contribution in [2.75, 3.05) is 32.7 Å². The van der Waals surface area contributed by atoms with Crippen molar-refractivity contribution in [3.05, 3.63) is 52.5 Å². The summed E-state index contributed by atoms with van der Waals surface area (Å²) < 4.78 is 1.56. The number of hydrogen-bond donors (Lipinski definition) is 0. The molecule has 0 amide bonds. The Morgan fingerprint density at radius 1 is 1.00 bits per heavy atom. The van der Waals surface area contributed by atoms with Crippen LogP contribution in [-0.4, -0.2) is 62.3 Å². The third kappa shape index (κ3) is 4.43. The molecule has 1 aliphatic rings. The summed E-state index contributed by atoms with van der Waals surface area (Å²) in [4.78, 5) is 25.0. The van der Waals surface area contributed by atoms with Crippen LogP contribution in [-0.2, 0) is 13.1 Å². The van der Waals surface area contributed by atoms with Gasteiger partial charge in [0.05, 0.1) is 18.8 Å². The Balaban J connectivity index is 1.46. The van der Waals surface area contributed by atoms with Crippen LogP contribution in [0.5, 0.6) is 0 Å². The summed E-state index contributed by atoms with van der Waals surface area (Å²) in [6, 6.07) is 5.17. The predicted molar refractivity (Wildman–Crippen MR) is 87.0 cm³/mol. The van der Waals surface area contributed by atoms with Crippen LogP contribution >= 0.6 is 0 Å². The van der Waals surface area contributed by atoms with Crippen LogP contribution < -0.4 is 5.56 Å². The topological polar surface area (TPSA) is 67.2 Å². The minimum absolute atomic E-state index is 0.0320. The largest absolute Gasteiger partial charge is 0.299 e. The molecule has 2 aromatic rings. The first-order valence-corrected chi connectivity index (χ1v) is 7.96. The van der Waals surface area contributed by atoms with Crippen LogP contribution in [0.15, 0.2) is 35.4 Å². The van der Waals surface area contributed by atoms with Gasteiger partial charge in [0.15, 0.2) is 0 Å². The van der Waals surface area contributed by atoms with Crippen LogP contribution in [0.2, 0.25) is 0 Å². The van der Waals surface area contributed by atoms with E-state index in [-0.39, 0.29) is 5.56 Å². The minimum atomic E-state index is -0.0320. The number of piperazine rings is 1. The number of aromatic nitrogens is 4. The van der Waals surface area contributed by atoms with Crippen molar-refractivity contribution in [3.63, 3.8) is 0 Å². The van der Waals surface area contributed by atoms with Crippen LogP contribution in [0.4, 0.5) is 0 Å². The smallest absolute Gasteiger partial charge is 0.266 e. The molecule has 0 N–H and O–H groups in total. The molecule has 0 spiro atoms. The molecule has 1 fully saturated rings. The molecule has 3 rings (SSSR count). The van der Waals surface area contributed by atoms with Crippen molar-refractivity contribution in [1.29, 1.82) is 0 Å². The zero-order valence-electron chi connectivity index (χ0n) is 13.4. The van der Waals surface area contributed by atoms with Crippen molar-refractivity contribution >= 4 is 0 Å². The fraction of sp³-hybridized carbons (Fsp3) is 0.500. The summed E-state index contributed by atoms with van der Waals surface area (Å²) in [5.74, 6) is 0.872. The lowest BCUT2D eigenvalue weighted by Gasteiger charge is -2.34. The minimum Gasteiger partial charge on any atom is -0.299 e. The maximum Gasteiger partial charge on any atom is 0.266 e. The monoisotopic (exact) mass is 314 g/mol. The third-order valence-electron chi connectivity index (χ3n) is 4.08. The Bertz CT molecular complexity index is 678. The van der Waals surface area contributed by atoms with Crippen molar-refractivity contribution in [2.24, 2.45) is 0 Å². The van der Waals surface area contributed by atoms with Gasteiger partial charge in [0.1, 0.15) is 5.82 Å². The standard InChI is InChI=1S/C16H22N6O/c1-14-3-4-16(23)22(19-14)12-11-20-7-9-21(10-8-20)13-15-17-5-2-6-18-15/h2-6H,7-13H2,1H3. The molecule has 122 valence electrons. The summed E-state index contributed by atoms with van der Waals surface area (Å²) in [5.41, 5.74) is 0.841. The molecule has 0 radical (unpaired) electrons. The van der Waals surface area contributed by atoms with E-state index < -0.39 is 0 Å². The molecule has 0 saturated carbocycles. The van der Waals surface area contributed by atoms with E-state index in [4.69, 9.17) is 0 Å². The van der Waals surface area contributed by atoms with Gasteiger partial charge in [-0.05, 0) is 19.1 Å². The summed E-state index contributed by atoms with van der Waals surface area (Å²) in [5, 5.41) is 4.28. The SMILES string of the molecule is Cc1ccc(=O)n(CCN2CCN(Cc3ncccn3)CC2)n1. The van der Waals surface area contributed by atoms with Crippen molar-refractivity contribution in [2.45, 2.75) is 20.0 Å². The van der Waals surface area contributed by atoms with Gasteiger partial charge in [-0.2, -0.15) is 5.10 Å². The Labute approximate surface area is 135 Å². The first-order chi connectivity index (χ1) is 11.2. The number of aryl methyl sites for hydroxylation is 1. The van der Waals surface area contributed by atoms with Gasteiger partial charge < -0.3 is 0 Å². The highest BCUT2D eigenvalue weighted by molar-refractivity contribution is 4.97. The highest BCUT2D eigenvalue weighted by atomic mass is 16.1. The second-order valence-corrected chi connectivity index (χ2v) is 5.82. The van der Waals surface area contributed by atoms with E-state index in [9.17, 15) is 4.79 Å². The fourth-order valence-electron chi connectivity index (χ4n) is 2.73. The van der Waals surface area contributed by atoms with Crippen LogP contribution in [0.1, 0.15) is 11.5 Å². The zero-order valence-corrected chi connectivity index (χ0v) is 13.4. The second kappa shape index (κ2) is 7.43. The zero-order chi connectivity index (χ0) is 16.1. The molecular formula is C16H22N6O. The van der Waals surface area contributed by atoms with E-state index in [1.54, 1.807) is 29.2 Å². The average Bonchev–Trinajstić information content (AvgIpc) is 2.58. The Hall–Kier alpha value is -2.12. The molecule has 0 aliphatic carbocycles. The van der Waals surface area contributed by atoms with Gasteiger partial charge in [0.25, 0.3) is 5.56 Å². The molecule has 23 heavy (non-hydrogen) atoms. The molecule has 1 saturated heterocycles. The van der Waals surface area contributed by atoms with E-state index in [1.165, 1.54) is 0 Å². The molecule has 2 aromatic heterocycles. The van der Waals surface area contributed by atoms with Gasteiger partial charge in [-0.3, -0.25) is 14.6 Å². The van der Waals surface area contributed by atoms with Gasteiger partial charge in [-0.15, -0.1) is 0 Å². The Kier molecular flexibility index (Phi) is 5.09. The highest BCUT2D eigenvalue weighted by Crippen LogP contribution is 2.05. The maximum absolute atomic E-state index is 11.8. The van der Waals surface area contributed by atoms with Crippen molar-refractivity contribution in [1.82, 2.24) is 29.5 Å². The highest BCUT2D eigenvalue weighted by Gasteiger charge is 2.17. The number of hydrogen-bond acceptors (Lipinski definition) is 6. The van der Waals surface area contributed by atoms with Gasteiger partial charge in [0, 0.05) is 51.2 Å². The summed E-state index contributed by atoms with van der Waals surface area (Å²) in [6.07, 6.45) is 3.57. The molecule has 0 atom stereocenters. The number of nitrogens with zero attached hydrogens (tertiary/aromatic N) is 6. The number of rotatable bonds is 5. The molecule has 0 aromatic carbocycles. The van der Waals surface area contributed by atoms with Gasteiger partial charge in [0.2, 0.25) is 0 Å². The molecule has 7 nitrogen and oxygen atoms in total. The summed E-state index contributed by atoms with van der Waals surface area (Å²) >= 11 is 0. The quantitative estimate of drug-likeness (QED) is 0.783. The molecule has 0 bridgehead atoms.